The molecule has 0 unspecified atom stereocenters. The van der Waals surface area contributed by atoms with E-state index in [9.17, 15) is 4.79 Å². The molecule has 2 aromatic heterocycles. The molecule has 0 aliphatic heterocycles. The molecule has 2 aromatic carbocycles. The average molecular weight is 347 g/mol. The fraction of sp³-hybridized carbons (Fsp3) is 0.158. The largest absolute Gasteiger partial charge is 0.464 e. The molecular formula is C19H17N5O2. The lowest BCUT2D eigenvalue weighted by molar-refractivity contribution is -0.115. The minimum Gasteiger partial charge on any atom is -0.464 e. The number of anilines is 1. The zero-order chi connectivity index (χ0) is 18.1. The van der Waals surface area contributed by atoms with E-state index in [1.807, 2.05) is 50.2 Å². The first-order valence-electron chi connectivity index (χ1n) is 8.21. The Morgan fingerprint density at radius 2 is 1.96 bits per heavy atom. The van der Waals surface area contributed by atoms with Crippen LogP contribution in [0.15, 0.2) is 53.4 Å². The van der Waals surface area contributed by atoms with Gasteiger partial charge >= 0.3 is 0 Å². The smallest absolute Gasteiger partial charge is 0.228 e. The number of nitrogens with one attached hydrogen (secondary N) is 1. The number of tetrazole rings is 1. The van der Waals surface area contributed by atoms with Crippen molar-refractivity contribution in [1.29, 1.82) is 0 Å². The van der Waals surface area contributed by atoms with Crippen molar-refractivity contribution < 1.29 is 9.21 Å². The summed E-state index contributed by atoms with van der Waals surface area (Å²) in [6.07, 6.45) is 3.43. The molecular weight excluding hydrogens is 330 g/mol. The Hall–Kier alpha value is -3.48. The van der Waals surface area contributed by atoms with Gasteiger partial charge in [0.15, 0.2) is 0 Å². The first-order chi connectivity index (χ1) is 12.6. The van der Waals surface area contributed by atoms with Crippen LogP contribution in [0.1, 0.15) is 16.7 Å². The molecule has 7 nitrogen and oxygen atoms in total. The van der Waals surface area contributed by atoms with Crippen molar-refractivity contribution in [3.8, 4) is 5.69 Å². The standard InChI is InChI=1S/C19H17N5O2/c1-12-3-8-17-14(10-26-19(17)13(12)2)9-18(25)21-15-4-6-16(7-5-15)24-11-20-22-23-24/h3-8,10-11H,9H2,1-2H3,(H,21,25). The van der Waals surface area contributed by atoms with Crippen LogP contribution >= 0.6 is 0 Å². The maximum Gasteiger partial charge on any atom is 0.228 e. The van der Waals surface area contributed by atoms with Crippen LogP contribution in [0, 0.1) is 13.8 Å². The lowest BCUT2D eigenvalue weighted by atomic mass is 10.0. The van der Waals surface area contributed by atoms with Crippen LogP contribution in [0.5, 0.6) is 0 Å². The summed E-state index contributed by atoms with van der Waals surface area (Å²) in [7, 11) is 0. The van der Waals surface area contributed by atoms with E-state index in [2.05, 4.69) is 20.8 Å². The van der Waals surface area contributed by atoms with Crippen molar-refractivity contribution in [2.75, 3.05) is 5.32 Å². The van der Waals surface area contributed by atoms with Gasteiger partial charge in [-0.15, -0.1) is 5.10 Å². The molecule has 7 heteroatoms. The molecule has 0 saturated carbocycles. The molecule has 0 aliphatic rings. The molecule has 0 fully saturated rings. The minimum absolute atomic E-state index is 0.0962. The van der Waals surface area contributed by atoms with Gasteiger partial charge in [0, 0.05) is 16.6 Å². The fourth-order valence-electron chi connectivity index (χ4n) is 2.88. The highest BCUT2D eigenvalue weighted by Gasteiger charge is 2.13. The molecule has 130 valence electrons. The van der Waals surface area contributed by atoms with Gasteiger partial charge in [-0.05, 0) is 59.7 Å². The van der Waals surface area contributed by atoms with E-state index >= 15 is 0 Å². The summed E-state index contributed by atoms with van der Waals surface area (Å²) >= 11 is 0. The Labute approximate surface area is 149 Å². The van der Waals surface area contributed by atoms with Gasteiger partial charge in [0.05, 0.1) is 18.4 Å². The van der Waals surface area contributed by atoms with Crippen molar-refractivity contribution in [3.05, 3.63) is 65.7 Å². The predicted octanol–water partition coefficient (Wildman–Crippen LogP) is 3.21. The van der Waals surface area contributed by atoms with Crippen molar-refractivity contribution in [2.24, 2.45) is 0 Å². The molecule has 1 amide bonds. The first-order valence-corrected chi connectivity index (χ1v) is 8.21. The number of aromatic nitrogens is 4. The van der Waals surface area contributed by atoms with Gasteiger partial charge in [-0.25, -0.2) is 4.68 Å². The van der Waals surface area contributed by atoms with Gasteiger partial charge in [0.2, 0.25) is 5.91 Å². The molecule has 2 heterocycles. The number of aryl methyl sites for hydroxylation is 2. The molecule has 1 N–H and O–H groups in total. The number of furan rings is 1. The van der Waals surface area contributed by atoms with E-state index in [4.69, 9.17) is 4.42 Å². The van der Waals surface area contributed by atoms with Crippen LogP contribution in [-0.2, 0) is 11.2 Å². The quantitative estimate of drug-likeness (QED) is 0.613. The van der Waals surface area contributed by atoms with E-state index < -0.39 is 0 Å². The average Bonchev–Trinajstić information content (AvgIpc) is 3.29. The van der Waals surface area contributed by atoms with Crippen molar-refractivity contribution >= 4 is 22.6 Å². The van der Waals surface area contributed by atoms with E-state index in [0.29, 0.717) is 5.69 Å². The van der Waals surface area contributed by atoms with Gasteiger partial charge < -0.3 is 9.73 Å². The van der Waals surface area contributed by atoms with Gasteiger partial charge in [0.25, 0.3) is 0 Å². The van der Waals surface area contributed by atoms with Gasteiger partial charge in [-0.1, -0.05) is 12.1 Å². The van der Waals surface area contributed by atoms with Crippen LogP contribution in [0.2, 0.25) is 0 Å². The summed E-state index contributed by atoms with van der Waals surface area (Å²) in [4.78, 5) is 12.4. The number of fused-ring (bicyclic) bond motifs is 1. The molecule has 4 aromatic rings. The second kappa shape index (κ2) is 6.44. The fourth-order valence-corrected chi connectivity index (χ4v) is 2.88. The highest BCUT2D eigenvalue weighted by molar-refractivity contribution is 5.96. The first kappa shape index (κ1) is 16.0. The highest BCUT2D eigenvalue weighted by Crippen LogP contribution is 2.27. The Balaban J connectivity index is 1.48. The molecule has 0 radical (unpaired) electrons. The molecule has 0 atom stereocenters. The summed E-state index contributed by atoms with van der Waals surface area (Å²) in [6.45, 7) is 4.07. The zero-order valence-electron chi connectivity index (χ0n) is 14.4. The van der Waals surface area contributed by atoms with Crippen LogP contribution < -0.4 is 5.32 Å². The number of hydrogen-bond donors (Lipinski definition) is 1. The Morgan fingerprint density at radius 3 is 2.69 bits per heavy atom. The maximum atomic E-state index is 12.4. The monoisotopic (exact) mass is 347 g/mol. The summed E-state index contributed by atoms with van der Waals surface area (Å²) < 4.78 is 7.22. The number of benzene rings is 2. The number of carbonyl (C=O) groups excluding carboxylic acids is 1. The van der Waals surface area contributed by atoms with Gasteiger partial charge in [0.1, 0.15) is 11.9 Å². The van der Waals surface area contributed by atoms with Crippen LogP contribution in [-0.4, -0.2) is 26.1 Å². The van der Waals surface area contributed by atoms with Gasteiger partial charge in [-0.3, -0.25) is 4.79 Å². The number of hydrogen-bond acceptors (Lipinski definition) is 5. The molecule has 0 bridgehead atoms. The van der Waals surface area contributed by atoms with Crippen LogP contribution in [0.25, 0.3) is 16.7 Å². The summed E-state index contributed by atoms with van der Waals surface area (Å²) in [5.41, 5.74) is 5.54. The molecule has 26 heavy (non-hydrogen) atoms. The van der Waals surface area contributed by atoms with E-state index in [-0.39, 0.29) is 12.3 Å². The van der Waals surface area contributed by atoms with Crippen molar-refractivity contribution in [3.63, 3.8) is 0 Å². The zero-order valence-corrected chi connectivity index (χ0v) is 14.4. The second-order valence-corrected chi connectivity index (χ2v) is 6.17. The number of carbonyl (C=O) groups is 1. The van der Waals surface area contributed by atoms with Crippen LogP contribution in [0.4, 0.5) is 5.69 Å². The van der Waals surface area contributed by atoms with E-state index in [1.54, 1.807) is 10.9 Å². The Kier molecular flexibility index (Phi) is 3.96. The van der Waals surface area contributed by atoms with Crippen molar-refractivity contribution in [1.82, 2.24) is 20.2 Å². The highest BCUT2D eigenvalue weighted by atomic mass is 16.3. The second-order valence-electron chi connectivity index (χ2n) is 6.17. The third kappa shape index (κ3) is 2.95. The SMILES string of the molecule is Cc1ccc2c(CC(=O)Nc3ccc(-n4cnnn4)cc3)coc2c1C. The van der Waals surface area contributed by atoms with Crippen molar-refractivity contribution in [2.45, 2.75) is 20.3 Å². The van der Waals surface area contributed by atoms with Crippen LogP contribution in [0.3, 0.4) is 0 Å². The Bertz CT molecular complexity index is 1070. The lowest BCUT2D eigenvalue weighted by Crippen LogP contribution is -2.14. The molecule has 0 aliphatic carbocycles. The predicted molar refractivity (Wildman–Crippen MR) is 97.2 cm³/mol. The molecule has 0 saturated heterocycles. The molecule has 0 spiro atoms. The number of rotatable bonds is 4. The third-order valence-electron chi connectivity index (χ3n) is 4.46. The number of nitrogens with zero attached hydrogens (tertiary/aromatic N) is 4. The topological polar surface area (TPSA) is 85.8 Å². The summed E-state index contributed by atoms with van der Waals surface area (Å²) in [5, 5.41) is 14.9. The lowest BCUT2D eigenvalue weighted by Gasteiger charge is -2.06. The third-order valence-corrected chi connectivity index (χ3v) is 4.46. The van der Waals surface area contributed by atoms with E-state index in [1.165, 1.54) is 11.9 Å². The summed E-state index contributed by atoms with van der Waals surface area (Å²) in [5.74, 6) is -0.0962. The summed E-state index contributed by atoms with van der Waals surface area (Å²) in [6, 6.07) is 11.4. The normalized spacial score (nSPS) is 11.0. The van der Waals surface area contributed by atoms with E-state index in [0.717, 1.165) is 27.8 Å². The minimum atomic E-state index is -0.0962. The maximum absolute atomic E-state index is 12.4. The Morgan fingerprint density at radius 1 is 1.15 bits per heavy atom. The van der Waals surface area contributed by atoms with Gasteiger partial charge in [-0.2, -0.15) is 0 Å². The molecule has 4 rings (SSSR count). The number of amides is 1.